The number of esters is 1. The highest BCUT2D eigenvalue weighted by Gasteiger charge is 2.68. The molecule has 0 amide bonds. The number of halogens is 3. The van der Waals surface area contributed by atoms with Gasteiger partial charge >= 0.3 is 5.97 Å². The van der Waals surface area contributed by atoms with Crippen LogP contribution in [0.2, 0.25) is 15.1 Å². The molecule has 0 radical (unpaired) electrons. The van der Waals surface area contributed by atoms with Crippen molar-refractivity contribution in [2.75, 3.05) is 12.8 Å². The summed E-state index contributed by atoms with van der Waals surface area (Å²) >= 11 is 19.2. The van der Waals surface area contributed by atoms with Gasteiger partial charge in [-0.15, -0.1) is 0 Å². The Kier molecular flexibility index (Phi) is 11.5. The number of ether oxygens (including phenoxy) is 3. The topological polar surface area (TPSA) is 44.8 Å². The van der Waals surface area contributed by atoms with Gasteiger partial charge in [0.25, 0.3) is 0 Å². The van der Waals surface area contributed by atoms with Crippen LogP contribution < -0.4 is 15.9 Å². The van der Waals surface area contributed by atoms with Crippen LogP contribution in [-0.4, -0.2) is 36.7 Å². The third-order valence-electron chi connectivity index (χ3n) is 16.6. The summed E-state index contributed by atoms with van der Waals surface area (Å²) in [4.78, 5) is 13.5. The summed E-state index contributed by atoms with van der Waals surface area (Å²) < 4.78 is 19.9. The average Bonchev–Trinajstić information content (AvgIpc) is 3.66. The molecule has 2 saturated heterocycles. The number of unbranched alkanes of at least 4 members (excludes halogenated alkanes) is 1. The minimum Gasteiger partial charge on any atom is -0.462 e. The SMILES string of the molecule is C[C@@H]1CC[C@@]2(OC1)O[C@H]1C[C@H]3[C@@H]4CC=C5C[C@@H](OC(=O)CCCC[P+](c6ccc(Cl)cc6)(c6ccc(Cl)cc6)c6ccc(Cl)cc6)CC[C@]5(C)[C@H]4CC[C@]3(C)[C@H]1[C@@H]2C. The predicted molar refractivity (Wildman–Crippen MR) is 240 cm³/mol. The molecule has 11 atom stereocenters. The van der Waals surface area contributed by atoms with Gasteiger partial charge in [-0.3, -0.25) is 4.79 Å². The van der Waals surface area contributed by atoms with Crippen molar-refractivity contribution in [3.05, 3.63) is 99.5 Å². The molecule has 5 fully saturated rings. The molecular weight excluding hydrogens is 802 g/mol. The van der Waals surface area contributed by atoms with E-state index in [1.165, 1.54) is 41.6 Å². The lowest BCUT2D eigenvalue weighted by Gasteiger charge is -2.58. The monoisotopic (exact) mass is 861 g/mol. The molecule has 3 saturated carbocycles. The van der Waals surface area contributed by atoms with Gasteiger partial charge < -0.3 is 14.2 Å². The second-order valence-electron chi connectivity index (χ2n) is 19.6. The number of rotatable bonds is 9. The summed E-state index contributed by atoms with van der Waals surface area (Å²) in [5.41, 5.74) is 2.06. The van der Waals surface area contributed by atoms with Crippen molar-refractivity contribution < 1.29 is 19.0 Å². The van der Waals surface area contributed by atoms with E-state index in [-0.39, 0.29) is 23.3 Å². The number of fused-ring (bicyclic) bond motifs is 7. The van der Waals surface area contributed by atoms with Gasteiger partial charge in [-0.1, -0.05) is 74.1 Å². The van der Waals surface area contributed by atoms with Crippen LogP contribution in [0.15, 0.2) is 84.4 Å². The number of carbonyl (C=O) groups excluding carboxylic acids is 1. The molecule has 4 nitrogen and oxygen atoms in total. The van der Waals surface area contributed by atoms with E-state index in [0.29, 0.717) is 68.5 Å². The fourth-order valence-electron chi connectivity index (χ4n) is 13.5. The first-order valence-electron chi connectivity index (χ1n) is 22.2. The van der Waals surface area contributed by atoms with Crippen LogP contribution in [0.25, 0.3) is 0 Å². The summed E-state index contributed by atoms with van der Waals surface area (Å²) in [7, 11) is -2.12. The average molecular weight is 863 g/mol. The van der Waals surface area contributed by atoms with Gasteiger partial charge in [-0.25, -0.2) is 0 Å². The molecule has 6 aliphatic rings. The second kappa shape index (κ2) is 16.1. The highest BCUT2D eigenvalue weighted by Crippen LogP contribution is 2.70. The van der Waals surface area contributed by atoms with Crippen molar-refractivity contribution in [2.24, 2.45) is 46.3 Å². The summed E-state index contributed by atoms with van der Waals surface area (Å²) in [5.74, 6) is 3.36. The normalized spacial score (nSPS) is 36.7. The summed E-state index contributed by atoms with van der Waals surface area (Å²) in [6.07, 6.45) is 16.0. The number of carbonyl (C=O) groups is 1. The second-order valence-corrected chi connectivity index (χ2v) is 24.5. The third-order valence-corrected chi connectivity index (χ3v) is 21.8. The molecule has 3 aromatic carbocycles. The van der Waals surface area contributed by atoms with Crippen molar-refractivity contribution in [1.82, 2.24) is 0 Å². The molecule has 310 valence electrons. The maximum atomic E-state index is 13.5. The van der Waals surface area contributed by atoms with Gasteiger partial charge in [0, 0.05) is 40.2 Å². The zero-order valence-electron chi connectivity index (χ0n) is 34.7. The fraction of sp³-hybridized carbons (Fsp3) is 0.580. The van der Waals surface area contributed by atoms with Gasteiger partial charge in [0.1, 0.15) is 29.3 Å². The van der Waals surface area contributed by atoms with Crippen LogP contribution >= 0.6 is 42.1 Å². The Labute approximate surface area is 362 Å². The van der Waals surface area contributed by atoms with Crippen LogP contribution in [-0.2, 0) is 19.0 Å². The zero-order chi connectivity index (χ0) is 40.5. The molecule has 0 unspecified atom stereocenters. The maximum Gasteiger partial charge on any atom is 0.306 e. The Bertz CT molecular complexity index is 1880. The van der Waals surface area contributed by atoms with Crippen LogP contribution in [0.4, 0.5) is 0 Å². The van der Waals surface area contributed by atoms with Crippen molar-refractivity contribution in [2.45, 2.75) is 123 Å². The minimum absolute atomic E-state index is 0.0319. The largest absolute Gasteiger partial charge is 0.462 e. The smallest absolute Gasteiger partial charge is 0.306 e. The van der Waals surface area contributed by atoms with Crippen molar-refractivity contribution >= 4 is 63.9 Å². The first kappa shape index (κ1) is 41.4. The molecule has 8 heteroatoms. The molecule has 0 bridgehead atoms. The van der Waals surface area contributed by atoms with Gasteiger partial charge in [-0.05, 0) is 171 Å². The quantitative estimate of drug-likeness (QED) is 0.0930. The van der Waals surface area contributed by atoms with Gasteiger partial charge in [0.2, 0.25) is 0 Å². The van der Waals surface area contributed by atoms with Crippen LogP contribution in [0.5, 0.6) is 0 Å². The van der Waals surface area contributed by atoms with E-state index in [4.69, 9.17) is 49.0 Å². The van der Waals surface area contributed by atoms with E-state index in [9.17, 15) is 4.79 Å². The van der Waals surface area contributed by atoms with Gasteiger partial charge in [0.15, 0.2) is 5.79 Å². The first-order valence-corrected chi connectivity index (χ1v) is 25.3. The van der Waals surface area contributed by atoms with Crippen LogP contribution in [0, 0.1) is 46.3 Å². The highest BCUT2D eigenvalue weighted by molar-refractivity contribution is 7.95. The highest BCUT2D eigenvalue weighted by atomic mass is 35.5. The molecular formula is C50H61Cl3O4P+. The van der Waals surface area contributed by atoms with Gasteiger partial charge in [-0.2, -0.15) is 0 Å². The molecule has 1 spiro atoms. The van der Waals surface area contributed by atoms with E-state index in [0.717, 1.165) is 57.7 Å². The minimum atomic E-state index is -2.12. The Morgan fingerprint density at radius 1 is 0.793 bits per heavy atom. The lowest BCUT2D eigenvalue weighted by atomic mass is 9.47. The Morgan fingerprint density at radius 3 is 2.00 bits per heavy atom. The Morgan fingerprint density at radius 2 is 1.41 bits per heavy atom. The predicted octanol–water partition coefficient (Wildman–Crippen LogP) is 12.4. The van der Waals surface area contributed by atoms with E-state index < -0.39 is 7.26 Å². The fourth-order valence-corrected chi connectivity index (χ4v) is 18.2. The molecule has 0 N–H and O–H groups in total. The number of benzene rings is 3. The Balaban J connectivity index is 0.840. The molecule has 4 aliphatic carbocycles. The zero-order valence-corrected chi connectivity index (χ0v) is 37.9. The summed E-state index contributed by atoms with van der Waals surface area (Å²) in [6.45, 7) is 10.8. The number of hydrogen-bond acceptors (Lipinski definition) is 4. The van der Waals surface area contributed by atoms with E-state index in [2.05, 4.69) is 70.2 Å². The van der Waals surface area contributed by atoms with Gasteiger partial charge in [0.05, 0.1) is 18.9 Å². The van der Waals surface area contributed by atoms with Crippen molar-refractivity contribution in [3.63, 3.8) is 0 Å². The number of allylic oxidation sites excluding steroid dienone is 1. The Hall–Kier alpha value is -1.91. The van der Waals surface area contributed by atoms with Crippen LogP contribution in [0.3, 0.4) is 0 Å². The van der Waals surface area contributed by atoms with Crippen molar-refractivity contribution in [1.29, 1.82) is 0 Å². The standard InChI is InChI=1S/C50H61Cl3O4P/c1-32-22-27-50(55-31-32)33(2)47-45(57-50)30-44-42-21-8-34-29-38(23-25-48(34,3)43(42)24-26-49(44,47)4)56-46(54)7-5-6-28-58(39-15-9-35(51)10-16-39,40-17-11-36(52)12-18-40)41-19-13-37(53)14-20-41/h8-20,32-33,38,42-45,47H,5-7,21-31H2,1-4H3/q+1/t32-,33+,38+,42-,43+,44+,45+,47+,48+,49+,50-/m1/s1. The first-order chi connectivity index (χ1) is 27.8. The van der Waals surface area contributed by atoms with E-state index in [1.54, 1.807) is 5.57 Å². The number of hydrogen-bond donors (Lipinski definition) is 0. The molecule has 2 aliphatic heterocycles. The van der Waals surface area contributed by atoms with E-state index in [1.807, 2.05) is 36.4 Å². The molecule has 58 heavy (non-hydrogen) atoms. The maximum absolute atomic E-state index is 13.5. The summed E-state index contributed by atoms with van der Waals surface area (Å²) in [5, 5.41) is 5.87. The molecule has 3 aromatic rings. The third kappa shape index (κ3) is 7.14. The summed E-state index contributed by atoms with van der Waals surface area (Å²) in [6, 6.07) is 24.8. The lowest BCUT2D eigenvalue weighted by Crippen LogP contribution is -2.52. The lowest BCUT2D eigenvalue weighted by molar-refractivity contribution is -0.272. The molecule has 0 aromatic heterocycles. The van der Waals surface area contributed by atoms with Crippen molar-refractivity contribution in [3.8, 4) is 0 Å². The van der Waals surface area contributed by atoms with Crippen LogP contribution in [0.1, 0.15) is 105 Å². The molecule has 2 heterocycles. The van der Waals surface area contributed by atoms with E-state index >= 15 is 0 Å². The molecule has 9 rings (SSSR count).